The lowest BCUT2D eigenvalue weighted by Crippen LogP contribution is -2.59. The zero-order chi connectivity index (χ0) is 34.1. The Labute approximate surface area is 289 Å². The molecule has 3 aliphatic heterocycles. The molecule has 2 aromatic rings. The Hall–Kier alpha value is -2.41. The number of aryl methyl sites for hydroxylation is 1. The molecule has 0 aromatic heterocycles. The normalized spacial score (nSPS) is 33.1. The molecule has 48 heavy (non-hydrogen) atoms. The first kappa shape index (κ1) is 35.4. The molecule has 1 amide bonds. The molecule has 2 bridgehead atoms. The van der Waals surface area contributed by atoms with Crippen LogP contribution in [0.25, 0.3) is 0 Å². The summed E-state index contributed by atoms with van der Waals surface area (Å²) < 4.78 is 48.1. The van der Waals surface area contributed by atoms with Crippen LogP contribution in [-0.2, 0) is 32.5 Å². The second kappa shape index (κ2) is 14.8. The molecule has 2 fully saturated rings. The van der Waals surface area contributed by atoms with Gasteiger partial charge < -0.3 is 30.0 Å². The molecule has 5 atom stereocenters. The van der Waals surface area contributed by atoms with Crippen molar-refractivity contribution in [3.8, 4) is 5.75 Å². The van der Waals surface area contributed by atoms with Crippen LogP contribution in [-0.4, -0.2) is 69.4 Å². The number of hydrogen-bond acceptors (Lipinski definition) is 9. The predicted octanol–water partition coefficient (Wildman–Crippen LogP) is 5.03. The van der Waals surface area contributed by atoms with E-state index < -0.39 is 33.0 Å². The van der Waals surface area contributed by atoms with Crippen LogP contribution in [0.1, 0.15) is 80.3 Å². The predicted molar refractivity (Wildman–Crippen MR) is 186 cm³/mol. The summed E-state index contributed by atoms with van der Waals surface area (Å²) in [6, 6.07) is 11.1. The fraction of sp³-hybridized carbons (Fsp3) is 0.639. The Morgan fingerprint density at radius 3 is 2.52 bits per heavy atom. The standard InChI is InChI=1S/C36H50ClN3O7S/c1-23-6-5-8-31(35-46-21-36(38,20-41)22-47-35)30-13-10-27(30)18-40-15-4-3-7-25-16-29(37)12-9-28(25)19-45-33-14-11-26(17-32(33)40)34(42)39-48(43,44)24(23)2/h9,11-12,14,16-17,23-24,27,30-31,35,41H,3-8,10,13,15,18-22,38H2,1-2H3,(H,39,42)/t23-,24+,27-,30+,31-,35?,36?/m0/s1. The van der Waals surface area contributed by atoms with Crippen molar-refractivity contribution >= 4 is 33.2 Å². The number of aliphatic hydroxyl groups excluding tert-OH is 1. The molecule has 0 spiro atoms. The number of rotatable bonds is 2. The number of amides is 1. The molecule has 0 radical (unpaired) electrons. The van der Waals surface area contributed by atoms with Gasteiger partial charge >= 0.3 is 0 Å². The highest BCUT2D eigenvalue weighted by atomic mass is 35.5. The molecule has 0 unspecified atom stereocenters. The summed E-state index contributed by atoms with van der Waals surface area (Å²) in [5, 5.41) is 9.73. The Morgan fingerprint density at radius 1 is 1.00 bits per heavy atom. The zero-order valence-corrected chi connectivity index (χ0v) is 29.6. The van der Waals surface area contributed by atoms with Crippen molar-refractivity contribution in [1.29, 1.82) is 0 Å². The molecule has 3 heterocycles. The number of halogens is 1. The van der Waals surface area contributed by atoms with Crippen LogP contribution in [0, 0.1) is 23.7 Å². The molecule has 4 aliphatic rings. The van der Waals surface area contributed by atoms with Crippen LogP contribution in [0.2, 0.25) is 5.02 Å². The van der Waals surface area contributed by atoms with Crippen molar-refractivity contribution in [2.24, 2.45) is 29.4 Å². The highest BCUT2D eigenvalue weighted by Gasteiger charge is 2.45. The third-order valence-electron chi connectivity index (χ3n) is 11.2. The van der Waals surface area contributed by atoms with Gasteiger partial charge in [0.2, 0.25) is 10.0 Å². The summed E-state index contributed by atoms with van der Waals surface area (Å²) in [4.78, 5) is 15.8. The molecule has 12 heteroatoms. The summed E-state index contributed by atoms with van der Waals surface area (Å²) in [7, 11) is -3.94. The van der Waals surface area contributed by atoms with Crippen LogP contribution in [0.15, 0.2) is 36.4 Å². The Balaban J connectivity index is 1.35. The van der Waals surface area contributed by atoms with E-state index in [1.807, 2.05) is 25.1 Å². The lowest BCUT2D eigenvalue weighted by molar-refractivity contribution is -0.249. The van der Waals surface area contributed by atoms with Crippen molar-refractivity contribution < 1.29 is 32.5 Å². The van der Waals surface area contributed by atoms with Crippen LogP contribution < -0.4 is 20.1 Å². The molecule has 1 aliphatic carbocycles. The van der Waals surface area contributed by atoms with Crippen molar-refractivity contribution in [3.63, 3.8) is 0 Å². The number of carbonyl (C=O) groups excluding carboxylic acids is 1. The number of fused-ring (bicyclic) bond motifs is 3. The number of sulfonamides is 1. The van der Waals surface area contributed by atoms with E-state index in [-0.39, 0.29) is 37.2 Å². The molecule has 10 nitrogen and oxygen atoms in total. The molecule has 4 N–H and O–H groups in total. The SMILES string of the molecule is C[C@@H]1[C@@H](C)CCC[C@H](C2OCC(N)(CO)CO2)[C@@H]2CC[C@H]2CN2CCCCc3cc(Cl)ccc3COc3ccc(cc32)C(=O)NS1(=O)=O. The van der Waals surface area contributed by atoms with Gasteiger partial charge in [-0.3, -0.25) is 4.79 Å². The van der Waals surface area contributed by atoms with Crippen molar-refractivity contribution in [3.05, 3.63) is 58.1 Å². The number of carbonyl (C=O) groups is 1. The minimum absolute atomic E-state index is 0.101. The molecule has 1 saturated heterocycles. The number of nitrogens with one attached hydrogen (secondary N) is 1. The van der Waals surface area contributed by atoms with Crippen molar-refractivity contribution in [2.45, 2.75) is 88.9 Å². The highest BCUT2D eigenvalue weighted by Crippen LogP contribution is 2.46. The van der Waals surface area contributed by atoms with Gasteiger partial charge in [-0.2, -0.15) is 0 Å². The van der Waals surface area contributed by atoms with Gasteiger partial charge in [0.1, 0.15) is 12.4 Å². The summed E-state index contributed by atoms with van der Waals surface area (Å²) in [6.07, 6.45) is 6.72. The van der Waals surface area contributed by atoms with E-state index in [0.29, 0.717) is 35.6 Å². The fourth-order valence-electron chi connectivity index (χ4n) is 7.72. The maximum atomic E-state index is 13.5. The van der Waals surface area contributed by atoms with Gasteiger partial charge in [-0.05, 0) is 111 Å². The van der Waals surface area contributed by atoms with E-state index in [2.05, 4.69) is 9.62 Å². The Kier molecular flexibility index (Phi) is 10.9. The summed E-state index contributed by atoms with van der Waals surface area (Å²) >= 11 is 6.36. The van der Waals surface area contributed by atoms with Gasteiger partial charge in [-0.15, -0.1) is 0 Å². The van der Waals surface area contributed by atoms with E-state index in [9.17, 15) is 18.3 Å². The molecule has 6 rings (SSSR count). The Bertz CT molecular complexity index is 1560. The zero-order valence-electron chi connectivity index (χ0n) is 28.0. The van der Waals surface area contributed by atoms with Gasteiger partial charge in [-0.1, -0.05) is 31.0 Å². The molecule has 264 valence electrons. The third kappa shape index (κ3) is 7.81. The molecular formula is C36H50ClN3O7S. The Morgan fingerprint density at radius 2 is 1.79 bits per heavy atom. The van der Waals surface area contributed by atoms with Crippen LogP contribution >= 0.6 is 11.6 Å². The fourth-order valence-corrected chi connectivity index (χ4v) is 9.23. The maximum Gasteiger partial charge on any atom is 0.264 e. The highest BCUT2D eigenvalue weighted by molar-refractivity contribution is 7.90. The molecule has 1 saturated carbocycles. The van der Waals surface area contributed by atoms with E-state index in [4.69, 9.17) is 31.5 Å². The minimum atomic E-state index is -3.94. The monoisotopic (exact) mass is 703 g/mol. The van der Waals surface area contributed by atoms with Gasteiger partial charge in [0.05, 0.1) is 36.3 Å². The number of ether oxygens (including phenoxy) is 3. The maximum absolute atomic E-state index is 13.5. The lowest BCUT2D eigenvalue weighted by Gasteiger charge is -2.48. The van der Waals surface area contributed by atoms with Gasteiger partial charge in [0, 0.05) is 29.6 Å². The first-order valence-electron chi connectivity index (χ1n) is 17.4. The third-order valence-corrected chi connectivity index (χ3v) is 13.3. The second-order valence-corrected chi connectivity index (χ2v) is 17.0. The van der Waals surface area contributed by atoms with Crippen LogP contribution in [0.3, 0.4) is 0 Å². The smallest absolute Gasteiger partial charge is 0.264 e. The van der Waals surface area contributed by atoms with Gasteiger partial charge in [0.15, 0.2) is 6.29 Å². The first-order valence-corrected chi connectivity index (χ1v) is 19.4. The number of aliphatic hydroxyl groups is 1. The van der Waals surface area contributed by atoms with Crippen LogP contribution in [0.4, 0.5) is 5.69 Å². The minimum Gasteiger partial charge on any atom is -0.487 e. The number of hydrogen-bond donors (Lipinski definition) is 3. The number of nitrogens with two attached hydrogens (primary N) is 1. The number of anilines is 1. The van der Waals surface area contributed by atoms with Crippen molar-refractivity contribution in [1.82, 2.24) is 4.72 Å². The summed E-state index contributed by atoms with van der Waals surface area (Å²) in [6.45, 7) is 5.69. The van der Waals surface area contributed by atoms with Crippen LogP contribution in [0.5, 0.6) is 5.75 Å². The topological polar surface area (TPSA) is 140 Å². The quantitative estimate of drug-likeness (QED) is 0.393. The van der Waals surface area contributed by atoms with E-state index in [0.717, 1.165) is 69.3 Å². The second-order valence-electron chi connectivity index (χ2n) is 14.6. The van der Waals surface area contributed by atoms with Crippen molar-refractivity contribution in [2.75, 3.05) is 37.8 Å². The first-order chi connectivity index (χ1) is 23.0. The average molecular weight is 704 g/mol. The van der Waals surface area contributed by atoms with E-state index >= 15 is 0 Å². The van der Waals surface area contributed by atoms with Gasteiger partial charge in [0.25, 0.3) is 5.91 Å². The van der Waals surface area contributed by atoms with Gasteiger partial charge in [-0.25, -0.2) is 13.1 Å². The largest absolute Gasteiger partial charge is 0.487 e. The number of benzene rings is 2. The van der Waals surface area contributed by atoms with E-state index in [1.165, 1.54) is 5.56 Å². The average Bonchev–Trinajstić information content (AvgIpc) is 3.08. The lowest BCUT2D eigenvalue weighted by atomic mass is 9.65. The number of nitrogens with zero attached hydrogens (tertiary/aromatic N) is 1. The van der Waals surface area contributed by atoms with E-state index in [1.54, 1.807) is 25.1 Å². The molecule has 2 aromatic carbocycles. The molecular weight excluding hydrogens is 654 g/mol. The summed E-state index contributed by atoms with van der Waals surface area (Å²) in [5.74, 6) is 0.637. The summed E-state index contributed by atoms with van der Waals surface area (Å²) in [5.41, 5.74) is 8.66.